The summed E-state index contributed by atoms with van der Waals surface area (Å²) in [5.74, 6) is 1.87. The first-order valence-electron chi connectivity index (χ1n) is 15.7. The van der Waals surface area contributed by atoms with Crippen LogP contribution in [0.2, 0.25) is 0 Å². The zero-order valence-electron chi connectivity index (χ0n) is 26.7. The van der Waals surface area contributed by atoms with E-state index in [1.165, 1.54) is 0 Å². The molecular formula is C34H47N3O8. The van der Waals surface area contributed by atoms with E-state index in [1.807, 2.05) is 25.1 Å². The van der Waals surface area contributed by atoms with Crippen molar-refractivity contribution in [3.63, 3.8) is 0 Å². The van der Waals surface area contributed by atoms with Crippen molar-refractivity contribution in [3.8, 4) is 11.3 Å². The molecule has 0 radical (unpaired) electrons. The minimum Gasteiger partial charge on any atom is -0.453 e. The van der Waals surface area contributed by atoms with Gasteiger partial charge in [-0.2, -0.15) is 0 Å². The number of imidazole rings is 1. The maximum Gasteiger partial charge on any atom is 0.193 e. The Bertz CT molecular complexity index is 1480. The summed E-state index contributed by atoms with van der Waals surface area (Å²) in [5.41, 5.74) is 3.84. The number of aromatic amines is 1. The first-order chi connectivity index (χ1) is 22.0. The van der Waals surface area contributed by atoms with Crippen molar-refractivity contribution < 1.29 is 33.2 Å². The highest BCUT2D eigenvalue weighted by molar-refractivity contribution is 6.00. The third kappa shape index (κ3) is 10.9. The monoisotopic (exact) mass is 625 g/mol. The van der Waals surface area contributed by atoms with E-state index in [4.69, 9.17) is 33.2 Å². The molecule has 0 fully saturated rings. The summed E-state index contributed by atoms with van der Waals surface area (Å²) in [5, 5.41) is 9.16. The van der Waals surface area contributed by atoms with E-state index in [0.29, 0.717) is 94.2 Å². The van der Waals surface area contributed by atoms with Crippen LogP contribution in [0.3, 0.4) is 0 Å². The number of aliphatic hydroxyl groups excluding tert-OH is 1. The fourth-order valence-electron chi connectivity index (χ4n) is 4.79. The Morgan fingerprint density at radius 1 is 0.822 bits per heavy atom. The van der Waals surface area contributed by atoms with Gasteiger partial charge in [0.2, 0.25) is 0 Å². The summed E-state index contributed by atoms with van der Waals surface area (Å²) >= 11 is 0. The van der Waals surface area contributed by atoms with E-state index in [1.54, 1.807) is 12.1 Å². The number of aliphatic hydroxyl groups is 1. The highest BCUT2D eigenvalue weighted by atomic mass is 16.6. The lowest BCUT2D eigenvalue weighted by Gasteiger charge is -2.26. The summed E-state index contributed by atoms with van der Waals surface area (Å²) < 4.78 is 33.7. The SMILES string of the molecule is Cc1nc2c(ccc3c(=O)cc(-c4ccc(N(CCOCCOCCOCCOCCOCCO)CCC(C)C)cc4)oc32)[nH]1. The number of aromatic nitrogens is 2. The van der Waals surface area contributed by atoms with Crippen molar-refractivity contribution in [1.82, 2.24) is 9.97 Å². The maximum absolute atomic E-state index is 12.9. The van der Waals surface area contributed by atoms with E-state index in [2.05, 4.69) is 40.8 Å². The molecule has 2 heterocycles. The van der Waals surface area contributed by atoms with Gasteiger partial charge in [0.05, 0.1) is 83.6 Å². The van der Waals surface area contributed by atoms with E-state index in [9.17, 15) is 4.79 Å². The second-order valence-electron chi connectivity index (χ2n) is 11.1. The van der Waals surface area contributed by atoms with Gasteiger partial charge >= 0.3 is 0 Å². The number of benzene rings is 2. The van der Waals surface area contributed by atoms with Crippen LogP contribution in [0, 0.1) is 12.8 Å². The van der Waals surface area contributed by atoms with Crippen molar-refractivity contribution in [3.05, 3.63) is 58.5 Å². The lowest BCUT2D eigenvalue weighted by molar-refractivity contribution is -0.0128. The molecule has 0 aliphatic carbocycles. The predicted molar refractivity (Wildman–Crippen MR) is 175 cm³/mol. The molecule has 0 spiro atoms. The second kappa shape index (κ2) is 18.6. The van der Waals surface area contributed by atoms with Crippen molar-refractivity contribution in [2.75, 3.05) is 90.7 Å². The third-order valence-corrected chi connectivity index (χ3v) is 7.19. The molecule has 0 bridgehead atoms. The number of aryl methyl sites for hydroxylation is 1. The minimum atomic E-state index is -0.0901. The van der Waals surface area contributed by atoms with Crippen molar-refractivity contribution >= 4 is 27.7 Å². The van der Waals surface area contributed by atoms with Gasteiger partial charge in [-0.3, -0.25) is 4.79 Å². The van der Waals surface area contributed by atoms with E-state index >= 15 is 0 Å². The smallest absolute Gasteiger partial charge is 0.193 e. The number of fused-ring (bicyclic) bond motifs is 3. The lowest BCUT2D eigenvalue weighted by atomic mass is 10.1. The molecule has 4 rings (SSSR count). The number of hydrogen-bond acceptors (Lipinski definition) is 10. The molecule has 246 valence electrons. The quantitative estimate of drug-likeness (QED) is 0.120. The van der Waals surface area contributed by atoms with Crippen LogP contribution in [0.5, 0.6) is 0 Å². The molecule has 45 heavy (non-hydrogen) atoms. The van der Waals surface area contributed by atoms with Crippen LogP contribution in [-0.4, -0.2) is 101 Å². The number of H-pyrrole nitrogens is 1. The van der Waals surface area contributed by atoms with Crippen molar-refractivity contribution in [2.24, 2.45) is 5.92 Å². The zero-order chi connectivity index (χ0) is 31.9. The molecule has 2 N–H and O–H groups in total. The summed E-state index contributed by atoms with van der Waals surface area (Å²) in [6.45, 7) is 12.9. The highest BCUT2D eigenvalue weighted by Crippen LogP contribution is 2.28. The topological polar surface area (TPSA) is 129 Å². The summed E-state index contributed by atoms with van der Waals surface area (Å²) in [6, 6.07) is 13.3. The van der Waals surface area contributed by atoms with Crippen LogP contribution in [0.15, 0.2) is 51.7 Å². The van der Waals surface area contributed by atoms with E-state index in [-0.39, 0.29) is 12.0 Å². The van der Waals surface area contributed by atoms with Crippen molar-refractivity contribution in [2.45, 2.75) is 27.2 Å². The highest BCUT2D eigenvalue weighted by Gasteiger charge is 2.14. The largest absolute Gasteiger partial charge is 0.453 e. The normalized spacial score (nSPS) is 11.8. The van der Waals surface area contributed by atoms with Gasteiger partial charge in [0.15, 0.2) is 11.0 Å². The van der Waals surface area contributed by atoms with Gasteiger partial charge < -0.3 is 43.1 Å². The first-order valence-corrected chi connectivity index (χ1v) is 15.7. The number of hydrogen-bond donors (Lipinski definition) is 2. The number of rotatable bonds is 22. The predicted octanol–water partition coefficient (Wildman–Crippen LogP) is 4.57. The molecule has 4 aromatic rings. The molecule has 11 heteroatoms. The Morgan fingerprint density at radius 2 is 1.42 bits per heavy atom. The Morgan fingerprint density at radius 3 is 2.02 bits per heavy atom. The van der Waals surface area contributed by atoms with Gasteiger partial charge in [-0.15, -0.1) is 0 Å². The molecule has 2 aromatic heterocycles. The fraction of sp³-hybridized carbons (Fsp3) is 0.529. The summed E-state index contributed by atoms with van der Waals surface area (Å²) in [7, 11) is 0. The zero-order valence-corrected chi connectivity index (χ0v) is 26.7. The Kier molecular flexibility index (Phi) is 14.3. The molecule has 11 nitrogen and oxygen atoms in total. The number of anilines is 1. The van der Waals surface area contributed by atoms with Gasteiger partial charge in [0.1, 0.15) is 17.1 Å². The molecule has 0 amide bonds. The van der Waals surface area contributed by atoms with E-state index in [0.717, 1.165) is 42.1 Å². The van der Waals surface area contributed by atoms with Crippen LogP contribution in [0.25, 0.3) is 33.3 Å². The Labute approximate surface area is 264 Å². The van der Waals surface area contributed by atoms with Gasteiger partial charge in [0.25, 0.3) is 0 Å². The maximum atomic E-state index is 12.9. The molecule has 0 aliphatic rings. The number of nitrogens with one attached hydrogen (secondary N) is 1. The van der Waals surface area contributed by atoms with Crippen molar-refractivity contribution in [1.29, 1.82) is 0 Å². The molecule has 0 saturated carbocycles. The fourth-order valence-corrected chi connectivity index (χ4v) is 4.79. The first kappa shape index (κ1) is 34.6. The lowest BCUT2D eigenvalue weighted by Crippen LogP contribution is -2.29. The number of ether oxygens (including phenoxy) is 5. The van der Waals surface area contributed by atoms with Gasteiger partial charge in [-0.25, -0.2) is 4.98 Å². The molecule has 0 unspecified atom stereocenters. The molecular weight excluding hydrogens is 578 g/mol. The Balaban J connectivity index is 1.21. The third-order valence-electron chi connectivity index (χ3n) is 7.19. The average molecular weight is 626 g/mol. The van der Waals surface area contributed by atoms with Gasteiger partial charge in [-0.05, 0) is 55.7 Å². The standard InChI is InChI=1S/C34H47N3O8/c1-25(2)10-11-37(12-14-40-16-18-42-20-22-44-23-21-43-19-17-41-15-13-38)28-6-4-27(5-7-28)32-24-31(39)29-8-9-30-33(34(29)45-32)36-26(3)35-30/h4-9,24-25,38H,10-23H2,1-3H3,(H,35,36). The molecule has 0 atom stereocenters. The van der Waals surface area contributed by atoms with Crippen LogP contribution < -0.4 is 10.3 Å². The van der Waals surface area contributed by atoms with Gasteiger partial charge in [-0.1, -0.05) is 13.8 Å². The number of nitrogens with zero attached hydrogens (tertiary/aromatic N) is 2. The molecule has 2 aromatic carbocycles. The van der Waals surface area contributed by atoms with Crippen LogP contribution in [-0.2, 0) is 23.7 Å². The Hall–Kier alpha value is -3.32. The summed E-state index contributed by atoms with van der Waals surface area (Å²) in [6.07, 6.45) is 1.06. The van der Waals surface area contributed by atoms with Crippen LogP contribution in [0.1, 0.15) is 26.1 Å². The second-order valence-corrected chi connectivity index (χ2v) is 11.1. The van der Waals surface area contributed by atoms with E-state index < -0.39 is 0 Å². The average Bonchev–Trinajstić information content (AvgIpc) is 3.43. The summed E-state index contributed by atoms with van der Waals surface area (Å²) in [4.78, 5) is 23.0. The van der Waals surface area contributed by atoms with Crippen LogP contribution in [0.4, 0.5) is 5.69 Å². The minimum absolute atomic E-state index is 0.0214. The van der Waals surface area contributed by atoms with Crippen LogP contribution >= 0.6 is 0 Å². The molecule has 0 saturated heterocycles. The van der Waals surface area contributed by atoms with Gasteiger partial charge in [0, 0.05) is 30.4 Å². The molecule has 0 aliphatic heterocycles.